The van der Waals surface area contributed by atoms with E-state index in [-0.39, 0.29) is 30.5 Å². The molecule has 0 saturated carbocycles. The van der Waals surface area contributed by atoms with Crippen LogP contribution in [0.4, 0.5) is 0 Å². The minimum absolute atomic E-state index is 0.144. The summed E-state index contributed by atoms with van der Waals surface area (Å²) in [4.78, 5) is 28.0. The number of carbonyl (C=O) groups excluding carboxylic acids is 2. The van der Waals surface area contributed by atoms with Crippen LogP contribution in [0.5, 0.6) is 0 Å². The van der Waals surface area contributed by atoms with Crippen molar-refractivity contribution in [2.75, 3.05) is 6.54 Å². The lowest BCUT2D eigenvalue weighted by Crippen LogP contribution is -2.30. The van der Waals surface area contributed by atoms with Crippen LogP contribution in [0.25, 0.3) is 10.6 Å². The lowest BCUT2D eigenvalue weighted by Gasteiger charge is -2.04. The number of nitrogens with one attached hydrogen (secondary N) is 2. The first-order chi connectivity index (χ1) is 12.2. The summed E-state index contributed by atoms with van der Waals surface area (Å²) in [6, 6.07) is 13.1. The number of benzene rings is 1. The molecule has 3 aromatic rings. The van der Waals surface area contributed by atoms with E-state index >= 15 is 0 Å². The first-order valence-corrected chi connectivity index (χ1v) is 8.68. The minimum Gasteiger partial charge on any atom is -0.459 e. The van der Waals surface area contributed by atoms with Crippen molar-refractivity contribution in [3.63, 3.8) is 0 Å². The van der Waals surface area contributed by atoms with E-state index in [0.717, 1.165) is 16.3 Å². The molecular formula is C18H17N3O3S. The highest BCUT2D eigenvalue weighted by Gasteiger charge is 2.09. The van der Waals surface area contributed by atoms with Gasteiger partial charge in [0, 0.05) is 23.9 Å². The molecule has 25 heavy (non-hydrogen) atoms. The van der Waals surface area contributed by atoms with Gasteiger partial charge in [-0.15, -0.1) is 11.3 Å². The van der Waals surface area contributed by atoms with Crippen LogP contribution < -0.4 is 10.6 Å². The Morgan fingerprint density at radius 3 is 2.68 bits per heavy atom. The Morgan fingerprint density at radius 2 is 1.92 bits per heavy atom. The molecule has 0 aliphatic carbocycles. The van der Waals surface area contributed by atoms with E-state index in [1.54, 1.807) is 23.5 Å². The molecule has 0 spiro atoms. The molecule has 0 fully saturated rings. The van der Waals surface area contributed by atoms with Crippen LogP contribution in [-0.2, 0) is 11.3 Å². The Morgan fingerprint density at radius 1 is 1.08 bits per heavy atom. The lowest BCUT2D eigenvalue weighted by atomic mass is 10.2. The second-order valence-electron chi connectivity index (χ2n) is 5.27. The average molecular weight is 355 g/mol. The maximum atomic E-state index is 11.9. The van der Waals surface area contributed by atoms with Crippen LogP contribution >= 0.6 is 11.3 Å². The monoisotopic (exact) mass is 355 g/mol. The van der Waals surface area contributed by atoms with Crippen molar-refractivity contribution < 1.29 is 14.0 Å². The Balaban J connectivity index is 1.41. The van der Waals surface area contributed by atoms with E-state index < -0.39 is 0 Å². The van der Waals surface area contributed by atoms with E-state index in [0.29, 0.717) is 6.54 Å². The third-order valence-corrected chi connectivity index (χ3v) is 4.36. The quantitative estimate of drug-likeness (QED) is 0.682. The van der Waals surface area contributed by atoms with Gasteiger partial charge in [0.1, 0.15) is 5.01 Å². The van der Waals surface area contributed by atoms with E-state index in [1.807, 2.05) is 35.7 Å². The number of amides is 2. The molecule has 2 N–H and O–H groups in total. The van der Waals surface area contributed by atoms with Crippen molar-refractivity contribution in [3.8, 4) is 10.6 Å². The fourth-order valence-corrected chi connectivity index (χ4v) is 2.99. The molecule has 0 atom stereocenters. The molecule has 0 aliphatic rings. The van der Waals surface area contributed by atoms with Gasteiger partial charge >= 0.3 is 0 Å². The average Bonchev–Trinajstić information content (AvgIpc) is 3.32. The maximum Gasteiger partial charge on any atom is 0.286 e. The summed E-state index contributed by atoms with van der Waals surface area (Å²) >= 11 is 1.54. The second-order valence-corrected chi connectivity index (χ2v) is 6.13. The first-order valence-electron chi connectivity index (χ1n) is 7.80. The molecule has 2 aromatic heterocycles. The number of furan rings is 1. The molecule has 2 heterocycles. The second kappa shape index (κ2) is 8.25. The zero-order chi connectivity index (χ0) is 17.5. The topological polar surface area (TPSA) is 84.2 Å². The third kappa shape index (κ3) is 4.77. The van der Waals surface area contributed by atoms with Crippen LogP contribution in [0.3, 0.4) is 0 Å². The Labute approximate surface area is 148 Å². The first kappa shape index (κ1) is 16.9. The summed E-state index contributed by atoms with van der Waals surface area (Å²) in [5, 5.41) is 8.29. The standard InChI is InChI=1S/C18H17N3O3S/c22-16(8-9-19-17(23)15-7-4-10-24-15)20-11-14-12-25-18(21-14)13-5-2-1-3-6-13/h1-7,10,12H,8-9,11H2,(H,19,23)(H,20,22). The summed E-state index contributed by atoms with van der Waals surface area (Å²) in [6.07, 6.45) is 1.63. The summed E-state index contributed by atoms with van der Waals surface area (Å²) in [7, 11) is 0. The SMILES string of the molecule is O=C(CCNC(=O)c1ccco1)NCc1csc(-c2ccccc2)n1. The van der Waals surface area contributed by atoms with Crippen molar-refractivity contribution in [2.45, 2.75) is 13.0 Å². The van der Waals surface area contributed by atoms with Gasteiger partial charge in [-0.3, -0.25) is 9.59 Å². The van der Waals surface area contributed by atoms with Gasteiger partial charge in [0.25, 0.3) is 5.91 Å². The predicted molar refractivity (Wildman–Crippen MR) is 95.1 cm³/mol. The normalized spacial score (nSPS) is 10.4. The molecule has 0 radical (unpaired) electrons. The van der Waals surface area contributed by atoms with E-state index in [4.69, 9.17) is 4.42 Å². The van der Waals surface area contributed by atoms with E-state index in [2.05, 4.69) is 15.6 Å². The van der Waals surface area contributed by atoms with Gasteiger partial charge in [-0.1, -0.05) is 30.3 Å². The molecule has 1 aromatic carbocycles. The lowest BCUT2D eigenvalue weighted by molar-refractivity contribution is -0.121. The van der Waals surface area contributed by atoms with Crippen molar-refractivity contribution in [1.82, 2.24) is 15.6 Å². The van der Waals surface area contributed by atoms with Crippen molar-refractivity contribution in [1.29, 1.82) is 0 Å². The molecular weight excluding hydrogens is 338 g/mol. The number of nitrogens with zero attached hydrogens (tertiary/aromatic N) is 1. The van der Waals surface area contributed by atoms with Gasteiger partial charge < -0.3 is 15.1 Å². The van der Waals surface area contributed by atoms with Crippen LogP contribution in [0, 0.1) is 0 Å². The van der Waals surface area contributed by atoms with Gasteiger partial charge in [-0.05, 0) is 12.1 Å². The predicted octanol–water partition coefficient (Wildman–Crippen LogP) is 2.84. The smallest absolute Gasteiger partial charge is 0.286 e. The molecule has 0 aliphatic heterocycles. The Hall–Kier alpha value is -2.93. The van der Waals surface area contributed by atoms with Crippen LogP contribution in [0.2, 0.25) is 0 Å². The van der Waals surface area contributed by atoms with Crippen LogP contribution in [0.15, 0.2) is 58.5 Å². The summed E-state index contributed by atoms with van der Waals surface area (Å²) < 4.78 is 4.98. The molecule has 0 bridgehead atoms. The molecule has 6 nitrogen and oxygen atoms in total. The van der Waals surface area contributed by atoms with Gasteiger partial charge in [0.05, 0.1) is 18.5 Å². The zero-order valence-corrected chi connectivity index (χ0v) is 14.2. The van der Waals surface area contributed by atoms with Gasteiger partial charge in [0.15, 0.2) is 5.76 Å². The number of hydrogen-bond acceptors (Lipinski definition) is 5. The maximum absolute atomic E-state index is 11.9. The van der Waals surface area contributed by atoms with Crippen molar-refractivity contribution >= 4 is 23.2 Å². The van der Waals surface area contributed by atoms with Crippen molar-refractivity contribution in [2.24, 2.45) is 0 Å². The third-order valence-electron chi connectivity index (χ3n) is 3.42. The van der Waals surface area contributed by atoms with Gasteiger partial charge in [-0.2, -0.15) is 0 Å². The molecule has 3 rings (SSSR count). The molecule has 7 heteroatoms. The van der Waals surface area contributed by atoms with Crippen molar-refractivity contribution in [3.05, 3.63) is 65.6 Å². The highest BCUT2D eigenvalue weighted by molar-refractivity contribution is 7.13. The molecule has 128 valence electrons. The van der Waals surface area contributed by atoms with Crippen LogP contribution in [0.1, 0.15) is 22.7 Å². The minimum atomic E-state index is -0.329. The number of aromatic nitrogens is 1. The Kier molecular flexibility index (Phi) is 5.58. The fraction of sp³-hybridized carbons (Fsp3) is 0.167. The number of carbonyl (C=O) groups is 2. The zero-order valence-electron chi connectivity index (χ0n) is 13.4. The highest BCUT2D eigenvalue weighted by atomic mass is 32.1. The Bertz CT molecular complexity index is 828. The molecule has 0 saturated heterocycles. The molecule has 2 amide bonds. The summed E-state index contributed by atoms with van der Waals surface area (Å²) in [5.74, 6) is -0.241. The summed E-state index contributed by atoms with van der Waals surface area (Å²) in [6.45, 7) is 0.617. The molecule has 0 unspecified atom stereocenters. The summed E-state index contributed by atoms with van der Waals surface area (Å²) in [5.41, 5.74) is 1.88. The fourth-order valence-electron chi connectivity index (χ4n) is 2.16. The van der Waals surface area contributed by atoms with Crippen LogP contribution in [-0.4, -0.2) is 23.3 Å². The van der Waals surface area contributed by atoms with Gasteiger partial charge in [-0.25, -0.2) is 4.98 Å². The number of rotatable bonds is 7. The highest BCUT2D eigenvalue weighted by Crippen LogP contribution is 2.23. The number of thiazole rings is 1. The van der Waals surface area contributed by atoms with Gasteiger partial charge in [0.2, 0.25) is 5.91 Å². The van der Waals surface area contributed by atoms with E-state index in [1.165, 1.54) is 6.26 Å². The largest absolute Gasteiger partial charge is 0.459 e. The number of hydrogen-bond donors (Lipinski definition) is 2. The van der Waals surface area contributed by atoms with E-state index in [9.17, 15) is 9.59 Å².